The minimum atomic E-state index is -1.41. The highest BCUT2D eigenvalue weighted by molar-refractivity contribution is 14.1. The van der Waals surface area contributed by atoms with Crippen LogP contribution >= 0.6 is 22.6 Å². The standard InChI is InChI=1S/C10H13IN2O6/c11-4-1-13(10(19)12-9(4)18)5-6(15)3(2-14)7(16)8(5)17/h1,3,5-8,14-17H,2H2,(H,12,18,19)/t3-,5+,6-,7?,8?/m1/s1. The second kappa shape index (κ2) is 5.32. The van der Waals surface area contributed by atoms with Gasteiger partial charge in [0.25, 0.3) is 5.56 Å². The summed E-state index contributed by atoms with van der Waals surface area (Å²) in [5.74, 6) is -0.948. The Morgan fingerprint density at radius 1 is 1.21 bits per heavy atom. The smallest absolute Gasteiger partial charge is 0.328 e. The van der Waals surface area contributed by atoms with Crippen molar-refractivity contribution in [2.24, 2.45) is 5.92 Å². The Morgan fingerprint density at radius 3 is 2.37 bits per heavy atom. The number of nitrogens with one attached hydrogen (secondary N) is 1. The summed E-state index contributed by atoms with van der Waals surface area (Å²) < 4.78 is 1.18. The van der Waals surface area contributed by atoms with Crippen molar-refractivity contribution in [3.63, 3.8) is 0 Å². The second-order valence-electron chi connectivity index (χ2n) is 4.45. The Labute approximate surface area is 120 Å². The van der Waals surface area contributed by atoms with E-state index in [4.69, 9.17) is 5.11 Å². The van der Waals surface area contributed by atoms with Crippen LogP contribution in [0.25, 0.3) is 0 Å². The Balaban J connectivity index is 2.50. The Bertz CT molecular complexity index is 584. The molecule has 8 nitrogen and oxygen atoms in total. The van der Waals surface area contributed by atoms with Crippen LogP contribution in [0.1, 0.15) is 6.04 Å². The van der Waals surface area contributed by atoms with Crippen LogP contribution in [-0.4, -0.2) is 54.9 Å². The fourth-order valence-corrected chi connectivity index (χ4v) is 2.77. The van der Waals surface area contributed by atoms with E-state index in [0.29, 0.717) is 0 Å². The van der Waals surface area contributed by atoms with E-state index < -0.39 is 48.1 Å². The molecule has 5 atom stereocenters. The number of H-pyrrole nitrogens is 1. The van der Waals surface area contributed by atoms with Gasteiger partial charge in [-0.25, -0.2) is 4.79 Å². The normalized spacial score (nSPS) is 34.7. The van der Waals surface area contributed by atoms with E-state index in [1.165, 1.54) is 6.20 Å². The number of aromatic nitrogens is 2. The molecule has 0 saturated heterocycles. The third kappa shape index (κ3) is 2.36. The molecule has 0 spiro atoms. The molecular formula is C10H13IN2O6. The molecule has 2 unspecified atom stereocenters. The fourth-order valence-electron chi connectivity index (χ4n) is 2.34. The summed E-state index contributed by atoms with van der Waals surface area (Å²) >= 11 is 1.71. The predicted octanol–water partition coefficient (Wildman–Crippen LogP) is -2.61. The number of aliphatic hydroxyl groups is 4. The van der Waals surface area contributed by atoms with Gasteiger partial charge in [0.2, 0.25) is 0 Å². The van der Waals surface area contributed by atoms with Gasteiger partial charge < -0.3 is 20.4 Å². The zero-order chi connectivity index (χ0) is 14.3. The van der Waals surface area contributed by atoms with E-state index in [1.54, 1.807) is 22.6 Å². The molecular weight excluding hydrogens is 371 g/mol. The molecule has 0 bridgehead atoms. The fraction of sp³-hybridized carbons (Fsp3) is 0.600. The number of nitrogens with zero attached hydrogens (tertiary/aromatic N) is 1. The lowest BCUT2D eigenvalue weighted by Gasteiger charge is -2.21. The van der Waals surface area contributed by atoms with Crippen molar-refractivity contribution >= 4 is 22.6 Å². The van der Waals surface area contributed by atoms with E-state index in [9.17, 15) is 24.9 Å². The molecule has 9 heteroatoms. The van der Waals surface area contributed by atoms with Crippen LogP contribution in [0.3, 0.4) is 0 Å². The minimum absolute atomic E-state index is 0.207. The SMILES string of the molecule is O=c1[nH]c(=O)n([C@@H]2C(O)C(O)[C@H](CO)[C@H]2O)cc1I. The molecule has 0 aromatic carbocycles. The first-order valence-electron chi connectivity index (χ1n) is 5.54. The largest absolute Gasteiger partial charge is 0.396 e. The number of hydrogen-bond acceptors (Lipinski definition) is 6. The quantitative estimate of drug-likeness (QED) is 0.355. The maximum atomic E-state index is 11.7. The van der Waals surface area contributed by atoms with Gasteiger partial charge in [0.05, 0.1) is 28.4 Å². The van der Waals surface area contributed by atoms with Crippen molar-refractivity contribution in [1.82, 2.24) is 9.55 Å². The van der Waals surface area contributed by atoms with Gasteiger partial charge in [-0.2, -0.15) is 0 Å². The molecule has 0 aliphatic heterocycles. The zero-order valence-electron chi connectivity index (χ0n) is 9.60. The summed E-state index contributed by atoms with van der Waals surface area (Å²) in [5.41, 5.74) is -1.36. The highest BCUT2D eigenvalue weighted by Crippen LogP contribution is 2.34. The van der Waals surface area contributed by atoms with Crippen LogP contribution in [-0.2, 0) is 0 Å². The molecule has 1 aliphatic rings. The topological polar surface area (TPSA) is 136 Å². The molecule has 1 aromatic heterocycles. The zero-order valence-corrected chi connectivity index (χ0v) is 11.8. The molecule has 2 rings (SSSR count). The molecule has 1 aromatic rings. The van der Waals surface area contributed by atoms with Crippen LogP contribution in [0.4, 0.5) is 0 Å². The third-order valence-corrected chi connectivity index (χ3v) is 4.15. The average molecular weight is 384 g/mol. The number of rotatable bonds is 2. The molecule has 1 heterocycles. The van der Waals surface area contributed by atoms with Crippen molar-refractivity contribution in [2.75, 3.05) is 6.61 Å². The molecule has 1 fully saturated rings. The molecule has 1 saturated carbocycles. The van der Waals surface area contributed by atoms with Gasteiger partial charge in [0, 0.05) is 12.1 Å². The van der Waals surface area contributed by atoms with E-state index in [0.717, 1.165) is 4.57 Å². The molecule has 1 aliphatic carbocycles. The number of halogens is 1. The van der Waals surface area contributed by atoms with Crippen LogP contribution in [0, 0.1) is 9.49 Å². The van der Waals surface area contributed by atoms with Gasteiger partial charge in [-0.1, -0.05) is 0 Å². The lowest BCUT2D eigenvalue weighted by Crippen LogP contribution is -2.40. The monoisotopic (exact) mass is 384 g/mol. The number of aliphatic hydroxyl groups excluding tert-OH is 4. The minimum Gasteiger partial charge on any atom is -0.396 e. The first-order valence-corrected chi connectivity index (χ1v) is 6.62. The lowest BCUT2D eigenvalue weighted by atomic mass is 10.0. The molecule has 106 valence electrons. The van der Waals surface area contributed by atoms with Crippen molar-refractivity contribution in [3.05, 3.63) is 30.6 Å². The van der Waals surface area contributed by atoms with Crippen molar-refractivity contribution in [2.45, 2.75) is 24.4 Å². The van der Waals surface area contributed by atoms with Crippen molar-refractivity contribution in [3.8, 4) is 0 Å². The number of hydrogen-bond donors (Lipinski definition) is 5. The van der Waals surface area contributed by atoms with E-state index in [2.05, 4.69) is 4.98 Å². The van der Waals surface area contributed by atoms with E-state index in [-0.39, 0.29) is 3.57 Å². The molecule has 0 radical (unpaired) electrons. The summed E-state index contributed by atoms with van der Waals surface area (Å²) in [6.07, 6.45) is -2.85. The molecule has 19 heavy (non-hydrogen) atoms. The van der Waals surface area contributed by atoms with Crippen molar-refractivity contribution < 1.29 is 20.4 Å². The summed E-state index contributed by atoms with van der Waals surface area (Å²) in [6, 6.07) is -1.12. The Morgan fingerprint density at radius 2 is 1.84 bits per heavy atom. The maximum Gasteiger partial charge on any atom is 0.328 e. The van der Waals surface area contributed by atoms with Gasteiger partial charge >= 0.3 is 5.69 Å². The van der Waals surface area contributed by atoms with Crippen LogP contribution < -0.4 is 11.2 Å². The van der Waals surface area contributed by atoms with Crippen molar-refractivity contribution in [1.29, 1.82) is 0 Å². The average Bonchev–Trinajstić information content (AvgIpc) is 2.56. The van der Waals surface area contributed by atoms with Gasteiger partial charge in [-0.15, -0.1) is 0 Å². The van der Waals surface area contributed by atoms with Gasteiger partial charge in [0.1, 0.15) is 6.10 Å². The first-order chi connectivity index (χ1) is 8.88. The summed E-state index contributed by atoms with van der Waals surface area (Å²) in [5, 5.41) is 38.7. The van der Waals surface area contributed by atoms with E-state index in [1.807, 2.05) is 0 Å². The Hall–Kier alpha value is -0.750. The van der Waals surface area contributed by atoms with E-state index >= 15 is 0 Å². The highest BCUT2D eigenvalue weighted by atomic mass is 127. The summed E-state index contributed by atoms with van der Waals surface area (Å²) in [6.45, 7) is -0.523. The van der Waals surface area contributed by atoms with Gasteiger partial charge in [-0.3, -0.25) is 14.3 Å². The maximum absolute atomic E-state index is 11.7. The summed E-state index contributed by atoms with van der Waals surface area (Å²) in [7, 11) is 0. The Kier molecular flexibility index (Phi) is 4.11. The summed E-state index contributed by atoms with van der Waals surface area (Å²) in [4.78, 5) is 25.0. The first kappa shape index (κ1) is 14.7. The lowest BCUT2D eigenvalue weighted by molar-refractivity contribution is -0.00810. The van der Waals surface area contributed by atoms with Gasteiger partial charge in [0.15, 0.2) is 0 Å². The van der Waals surface area contributed by atoms with Crippen LogP contribution in [0.2, 0.25) is 0 Å². The van der Waals surface area contributed by atoms with Crippen LogP contribution in [0.5, 0.6) is 0 Å². The van der Waals surface area contributed by atoms with Crippen LogP contribution in [0.15, 0.2) is 15.8 Å². The second-order valence-corrected chi connectivity index (χ2v) is 5.61. The third-order valence-electron chi connectivity index (χ3n) is 3.38. The van der Waals surface area contributed by atoms with Gasteiger partial charge in [-0.05, 0) is 22.6 Å². The molecule has 0 amide bonds. The highest BCUT2D eigenvalue weighted by Gasteiger charge is 2.49. The number of aromatic amines is 1. The predicted molar refractivity (Wildman–Crippen MR) is 71.7 cm³/mol. The molecule has 5 N–H and O–H groups in total.